The van der Waals surface area contributed by atoms with Gasteiger partial charge in [0.1, 0.15) is 0 Å². The smallest absolute Gasteiger partial charge is 0.0406 e. The van der Waals surface area contributed by atoms with Crippen molar-refractivity contribution in [3.63, 3.8) is 0 Å². The van der Waals surface area contributed by atoms with Crippen LogP contribution in [0.4, 0.5) is 0 Å². The standard InChI is InChI=1S/C15H23ClN2/c1-11(7-13-3-5-15(16)6-4-13)18-10-14(9-17)8-12(18)2/h3-6,11-12,14H,7-10,17H2,1-2H3. The highest BCUT2D eigenvalue weighted by molar-refractivity contribution is 6.30. The van der Waals surface area contributed by atoms with Crippen LogP contribution in [0.1, 0.15) is 25.8 Å². The summed E-state index contributed by atoms with van der Waals surface area (Å²) in [6, 6.07) is 9.41. The molecule has 0 aliphatic carbocycles. The van der Waals surface area contributed by atoms with Crippen molar-refractivity contribution >= 4 is 11.6 Å². The fourth-order valence-electron chi connectivity index (χ4n) is 3.03. The largest absolute Gasteiger partial charge is 0.330 e. The van der Waals surface area contributed by atoms with E-state index in [1.54, 1.807) is 0 Å². The minimum absolute atomic E-state index is 0.567. The number of benzene rings is 1. The van der Waals surface area contributed by atoms with Crippen LogP contribution in [0.5, 0.6) is 0 Å². The molecule has 0 saturated carbocycles. The molecule has 1 aliphatic rings. The SMILES string of the molecule is CC(Cc1ccc(Cl)cc1)N1CC(CN)CC1C. The van der Waals surface area contributed by atoms with Gasteiger partial charge in [-0.3, -0.25) is 4.90 Å². The number of rotatable bonds is 4. The van der Waals surface area contributed by atoms with Crippen molar-refractivity contribution in [2.45, 2.75) is 38.8 Å². The molecule has 0 aromatic heterocycles. The zero-order chi connectivity index (χ0) is 13.1. The second kappa shape index (κ2) is 6.05. The maximum absolute atomic E-state index is 5.91. The van der Waals surface area contributed by atoms with Crippen molar-refractivity contribution in [3.8, 4) is 0 Å². The molecular formula is C15H23ClN2. The molecule has 0 radical (unpaired) electrons. The Labute approximate surface area is 115 Å². The summed E-state index contributed by atoms with van der Waals surface area (Å²) >= 11 is 5.91. The molecule has 100 valence electrons. The van der Waals surface area contributed by atoms with Gasteiger partial charge in [0.05, 0.1) is 0 Å². The van der Waals surface area contributed by atoms with Gasteiger partial charge < -0.3 is 5.73 Å². The van der Waals surface area contributed by atoms with Crippen LogP contribution in [-0.4, -0.2) is 30.1 Å². The Morgan fingerprint density at radius 2 is 2.06 bits per heavy atom. The normalized spacial score (nSPS) is 26.4. The fraction of sp³-hybridized carbons (Fsp3) is 0.600. The summed E-state index contributed by atoms with van der Waals surface area (Å²) in [5.41, 5.74) is 7.14. The van der Waals surface area contributed by atoms with Crippen LogP contribution >= 0.6 is 11.6 Å². The Hall–Kier alpha value is -0.570. The van der Waals surface area contributed by atoms with Gasteiger partial charge in [-0.05, 0) is 56.8 Å². The Balaban J connectivity index is 1.95. The summed E-state index contributed by atoms with van der Waals surface area (Å²) in [4.78, 5) is 2.59. The molecule has 0 amide bonds. The van der Waals surface area contributed by atoms with Crippen LogP contribution in [-0.2, 0) is 6.42 Å². The van der Waals surface area contributed by atoms with E-state index in [9.17, 15) is 0 Å². The molecule has 1 aromatic carbocycles. The average molecular weight is 267 g/mol. The van der Waals surface area contributed by atoms with Crippen LogP contribution in [0, 0.1) is 5.92 Å². The van der Waals surface area contributed by atoms with Crippen LogP contribution in [0.15, 0.2) is 24.3 Å². The zero-order valence-electron chi connectivity index (χ0n) is 11.3. The average Bonchev–Trinajstić information content (AvgIpc) is 2.73. The lowest BCUT2D eigenvalue weighted by atomic mass is 10.1. The van der Waals surface area contributed by atoms with Crippen molar-refractivity contribution in [1.29, 1.82) is 0 Å². The van der Waals surface area contributed by atoms with E-state index in [4.69, 9.17) is 17.3 Å². The van der Waals surface area contributed by atoms with Crippen molar-refractivity contribution < 1.29 is 0 Å². The summed E-state index contributed by atoms with van der Waals surface area (Å²) in [6.07, 6.45) is 2.32. The lowest BCUT2D eigenvalue weighted by Crippen LogP contribution is -2.37. The summed E-state index contributed by atoms with van der Waals surface area (Å²) in [6.45, 7) is 6.58. The number of likely N-dealkylation sites (tertiary alicyclic amines) is 1. The van der Waals surface area contributed by atoms with Gasteiger partial charge in [0.25, 0.3) is 0 Å². The van der Waals surface area contributed by atoms with Gasteiger partial charge >= 0.3 is 0 Å². The molecule has 3 atom stereocenters. The van der Waals surface area contributed by atoms with E-state index in [-0.39, 0.29) is 0 Å². The maximum Gasteiger partial charge on any atom is 0.0406 e. The van der Waals surface area contributed by atoms with E-state index in [1.165, 1.54) is 12.0 Å². The molecule has 2 nitrogen and oxygen atoms in total. The highest BCUT2D eigenvalue weighted by Gasteiger charge is 2.31. The molecule has 1 aromatic rings. The third kappa shape index (κ3) is 3.25. The van der Waals surface area contributed by atoms with Crippen molar-refractivity contribution in [3.05, 3.63) is 34.9 Å². The van der Waals surface area contributed by atoms with Gasteiger partial charge in [0, 0.05) is 23.7 Å². The Kier molecular flexibility index (Phi) is 4.66. The third-order valence-electron chi connectivity index (χ3n) is 4.05. The first kappa shape index (κ1) is 13.9. The van der Waals surface area contributed by atoms with E-state index in [1.807, 2.05) is 12.1 Å². The van der Waals surface area contributed by atoms with Crippen LogP contribution in [0.25, 0.3) is 0 Å². The topological polar surface area (TPSA) is 29.3 Å². The van der Waals surface area contributed by atoms with Crippen molar-refractivity contribution in [2.75, 3.05) is 13.1 Å². The lowest BCUT2D eigenvalue weighted by Gasteiger charge is -2.28. The molecule has 1 aliphatic heterocycles. The van der Waals surface area contributed by atoms with Crippen molar-refractivity contribution in [2.24, 2.45) is 11.7 Å². The minimum Gasteiger partial charge on any atom is -0.330 e. The summed E-state index contributed by atoms with van der Waals surface area (Å²) in [5, 5.41) is 0.809. The predicted molar refractivity (Wildman–Crippen MR) is 77.9 cm³/mol. The second-order valence-electron chi connectivity index (χ2n) is 5.56. The molecule has 0 bridgehead atoms. The lowest BCUT2D eigenvalue weighted by molar-refractivity contribution is 0.198. The number of halogens is 1. The van der Waals surface area contributed by atoms with Gasteiger partial charge in [-0.2, -0.15) is 0 Å². The van der Waals surface area contributed by atoms with Gasteiger partial charge in [-0.25, -0.2) is 0 Å². The molecule has 3 heteroatoms. The van der Waals surface area contributed by atoms with E-state index >= 15 is 0 Å². The first-order valence-electron chi connectivity index (χ1n) is 6.80. The van der Waals surface area contributed by atoms with Crippen LogP contribution in [0.3, 0.4) is 0 Å². The zero-order valence-corrected chi connectivity index (χ0v) is 12.0. The van der Waals surface area contributed by atoms with Gasteiger partial charge in [-0.1, -0.05) is 23.7 Å². The number of nitrogens with zero attached hydrogens (tertiary/aromatic N) is 1. The van der Waals surface area contributed by atoms with Gasteiger partial charge in [-0.15, -0.1) is 0 Å². The molecule has 0 spiro atoms. The molecule has 1 heterocycles. The van der Waals surface area contributed by atoms with Gasteiger partial charge in [0.2, 0.25) is 0 Å². The molecule has 1 saturated heterocycles. The number of hydrogen-bond donors (Lipinski definition) is 1. The van der Waals surface area contributed by atoms with Crippen LogP contribution < -0.4 is 5.73 Å². The molecule has 3 unspecified atom stereocenters. The van der Waals surface area contributed by atoms with E-state index < -0.39 is 0 Å². The molecular weight excluding hydrogens is 244 g/mol. The van der Waals surface area contributed by atoms with E-state index in [2.05, 4.69) is 30.9 Å². The quantitative estimate of drug-likeness (QED) is 0.908. The molecule has 2 N–H and O–H groups in total. The fourth-order valence-corrected chi connectivity index (χ4v) is 3.16. The maximum atomic E-state index is 5.91. The highest BCUT2D eigenvalue weighted by Crippen LogP contribution is 2.25. The first-order valence-corrected chi connectivity index (χ1v) is 7.18. The third-order valence-corrected chi connectivity index (χ3v) is 4.31. The Morgan fingerprint density at radius 1 is 1.39 bits per heavy atom. The summed E-state index contributed by atoms with van der Waals surface area (Å²) in [5.74, 6) is 0.674. The monoisotopic (exact) mass is 266 g/mol. The summed E-state index contributed by atoms with van der Waals surface area (Å²) in [7, 11) is 0. The van der Waals surface area contributed by atoms with Crippen LogP contribution in [0.2, 0.25) is 5.02 Å². The summed E-state index contributed by atoms with van der Waals surface area (Å²) < 4.78 is 0. The van der Waals surface area contributed by atoms with E-state index in [0.29, 0.717) is 18.0 Å². The van der Waals surface area contributed by atoms with Gasteiger partial charge in [0.15, 0.2) is 0 Å². The predicted octanol–water partition coefficient (Wildman–Crippen LogP) is 2.94. The molecule has 18 heavy (non-hydrogen) atoms. The Bertz CT molecular complexity index is 377. The Morgan fingerprint density at radius 3 is 2.61 bits per heavy atom. The number of nitrogens with two attached hydrogens (primary N) is 1. The first-order chi connectivity index (χ1) is 8.60. The molecule has 1 fully saturated rings. The number of hydrogen-bond acceptors (Lipinski definition) is 2. The van der Waals surface area contributed by atoms with E-state index in [0.717, 1.165) is 24.5 Å². The minimum atomic E-state index is 0.567. The second-order valence-corrected chi connectivity index (χ2v) is 6.00. The van der Waals surface area contributed by atoms with Crippen molar-refractivity contribution in [1.82, 2.24) is 4.90 Å². The molecule has 2 rings (SSSR count). The highest BCUT2D eigenvalue weighted by atomic mass is 35.5.